The fourth-order valence-corrected chi connectivity index (χ4v) is 10.2. The number of pyridine rings is 1. The lowest BCUT2D eigenvalue weighted by atomic mass is 9.81. The van der Waals surface area contributed by atoms with Crippen LogP contribution in [0.3, 0.4) is 0 Å². The molecule has 3 aromatic heterocycles. The van der Waals surface area contributed by atoms with E-state index in [0.717, 1.165) is 66.2 Å². The molecule has 0 aliphatic heterocycles. The standard InChI is InChI=1S/C62H61N3O2/c1-35(2)44-21-15-22-45(36(3)4)57(44)42-27-28-63-53(30-42)41-19-14-18-40(29-41)46-23-16-24-54-58(46)64-61(65(54)59-49(37(5)6)31-43(62(9,10)11)32-50(59)38(7)8)52-33-51-48-26-25-39-17-12-13-20-47(39)60(48)67-56(51)34-55(52)66/h12-38,66H,1-11H3. The molecule has 0 aliphatic rings. The first-order chi connectivity index (χ1) is 32.1. The van der Waals surface area contributed by atoms with Crippen LogP contribution in [0.15, 0.2) is 144 Å². The molecular formula is C62H61N3O2. The average Bonchev–Trinajstić information content (AvgIpc) is 3.88. The second-order valence-electron chi connectivity index (χ2n) is 20.8. The topological polar surface area (TPSA) is 64.1 Å². The summed E-state index contributed by atoms with van der Waals surface area (Å²) in [5.41, 5.74) is 18.0. The Morgan fingerprint density at radius 1 is 0.552 bits per heavy atom. The molecule has 7 aromatic carbocycles. The highest BCUT2D eigenvalue weighted by Gasteiger charge is 2.28. The molecule has 0 saturated heterocycles. The molecule has 0 unspecified atom stereocenters. The first-order valence-electron chi connectivity index (χ1n) is 24.1. The van der Waals surface area contributed by atoms with Gasteiger partial charge in [-0.05, 0) is 115 Å². The van der Waals surface area contributed by atoms with Gasteiger partial charge in [0, 0.05) is 39.5 Å². The lowest BCUT2D eigenvalue weighted by molar-refractivity contribution is 0.476. The molecule has 5 heteroatoms. The number of para-hydroxylation sites is 1. The van der Waals surface area contributed by atoms with Crippen molar-refractivity contribution in [3.63, 3.8) is 0 Å². The van der Waals surface area contributed by atoms with Crippen molar-refractivity contribution in [1.82, 2.24) is 14.5 Å². The molecule has 0 spiro atoms. The Hall–Kier alpha value is -6.98. The minimum Gasteiger partial charge on any atom is -0.507 e. The van der Waals surface area contributed by atoms with Gasteiger partial charge >= 0.3 is 0 Å². The molecule has 10 aromatic rings. The van der Waals surface area contributed by atoms with Crippen molar-refractivity contribution in [2.75, 3.05) is 0 Å². The normalized spacial score (nSPS) is 12.4. The number of nitrogens with zero attached hydrogens (tertiary/aromatic N) is 3. The SMILES string of the molecule is CC(C)c1cccc(C(C)C)c1-c1ccnc(-c2cccc(-c3cccc4c3nc(-c3cc5c(cc3O)oc3c6ccccc6ccc53)n4-c3c(C(C)C)cc(C(C)(C)C)cc3C(C)C)c2)c1. The average molecular weight is 880 g/mol. The van der Waals surface area contributed by atoms with Crippen molar-refractivity contribution in [2.45, 2.75) is 105 Å². The lowest BCUT2D eigenvalue weighted by Gasteiger charge is -2.28. The predicted octanol–water partition coefficient (Wildman–Crippen LogP) is 17.6. The third-order valence-electron chi connectivity index (χ3n) is 13.8. The third-order valence-corrected chi connectivity index (χ3v) is 13.8. The highest BCUT2D eigenvalue weighted by Crippen LogP contribution is 2.46. The van der Waals surface area contributed by atoms with E-state index in [4.69, 9.17) is 14.4 Å². The van der Waals surface area contributed by atoms with Crippen LogP contribution in [0.25, 0.3) is 94.3 Å². The minimum atomic E-state index is -0.0530. The van der Waals surface area contributed by atoms with Crippen LogP contribution in [-0.2, 0) is 5.41 Å². The Kier molecular flexibility index (Phi) is 10.9. The molecule has 0 atom stereocenters. The number of phenolic OH excluding ortho intramolecular Hbond substituents is 1. The molecule has 0 bridgehead atoms. The zero-order chi connectivity index (χ0) is 47.1. The maximum Gasteiger partial charge on any atom is 0.149 e. The van der Waals surface area contributed by atoms with Gasteiger partial charge in [-0.25, -0.2) is 4.98 Å². The van der Waals surface area contributed by atoms with Gasteiger partial charge in [-0.3, -0.25) is 9.55 Å². The van der Waals surface area contributed by atoms with Gasteiger partial charge in [0.05, 0.1) is 28.0 Å². The molecule has 1 N–H and O–H groups in total. The Labute approximate surface area is 395 Å². The summed E-state index contributed by atoms with van der Waals surface area (Å²) in [7, 11) is 0. The van der Waals surface area contributed by atoms with E-state index < -0.39 is 0 Å². The van der Waals surface area contributed by atoms with Gasteiger partial charge in [-0.1, -0.05) is 167 Å². The van der Waals surface area contributed by atoms with E-state index >= 15 is 0 Å². The molecule has 0 fully saturated rings. The van der Waals surface area contributed by atoms with Gasteiger partial charge < -0.3 is 9.52 Å². The summed E-state index contributed by atoms with van der Waals surface area (Å²) in [5, 5.41) is 16.3. The number of rotatable bonds is 9. The number of imidazole rings is 1. The summed E-state index contributed by atoms with van der Waals surface area (Å²) in [5.74, 6) is 1.96. The second kappa shape index (κ2) is 16.7. The summed E-state index contributed by atoms with van der Waals surface area (Å²) in [6.07, 6.45) is 1.95. The summed E-state index contributed by atoms with van der Waals surface area (Å²) in [6.45, 7) is 25.1. The largest absolute Gasteiger partial charge is 0.507 e. The highest BCUT2D eigenvalue weighted by molar-refractivity contribution is 6.16. The molecule has 10 rings (SSSR count). The zero-order valence-corrected chi connectivity index (χ0v) is 40.8. The summed E-state index contributed by atoms with van der Waals surface area (Å²) in [6, 6.07) is 47.6. The quantitative estimate of drug-likeness (QED) is 0.157. The van der Waals surface area contributed by atoms with Crippen LogP contribution in [0.5, 0.6) is 5.75 Å². The van der Waals surface area contributed by atoms with Crippen LogP contribution in [0.4, 0.5) is 0 Å². The lowest BCUT2D eigenvalue weighted by Crippen LogP contribution is -2.16. The van der Waals surface area contributed by atoms with Crippen LogP contribution in [0.2, 0.25) is 0 Å². The van der Waals surface area contributed by atoms with Crippen molar-refractivity contribution in [3.05, 3.63) is 167 Å². The number of fused-ring (bicyclic) bond motifs is 6. The first kappa shape index (κ1) is 43.9. The van der Waals surface area contributed by atoms with Crippen molar-refractivity contribution in [3.8, 4) is 56.3 Å². The van der Waals surface area contributed by atoms with Crippen molar-refractivity contribution in [1.29, 1.82) is 0 Å². The Balaban J connectivity index is 1.22. The monoisotopic (exact) mass is 879 g/mol. The Morgan fingerprint density at radius 3 is 1.90 bits per heavy atom. The second-order valence-corrected chi connectivity index (χ2v) is 20.8. The maximum atomic E-state index is 12.2. The molecule has 0 radical (unpaired) electrons. The van der Waals surface area contributed by atoms with Crippen LogP contribution in [-0.4, -0.2) is 19.6 Å². The zero-order valence-electron chi connectivity index (χ0n) is 40.8. The third kappa shape index (κ3) is 7.59. The molecule has 67 heavy (non-hydrogen) atoms. The molecular weight excluding hydrogens is 819 g/mol. The van der Waals surface area contributed by atoms with E-state index in [0.29, 0.717) is 28.8 Å². The van der Waals surface area contributed by atoms with E-state index in [9.17, 15) is 5.11 Å². The number of benzene rings is 7. The van der Waals surface area contributed by atoms with Gasteiger partial charge in [-0.15, -0.1) is 0 Å². The Bertz CT molecular complexity index is 3480. The summed E-state index contributed by atoms with van der Waals surface area (Å²) < 4.78 is 8.89. The molecule has 3 heterocycles. The van der Waals surface area contributed by atoms with Crippen molar-refractivity contribution >= 4 is 43.7 Å². The number of hydrogen-bond donors (Lipinski definition) is 1. The van der Waals surface area contributed by atoms with Crippen molar-refractivity contribution in [2.24, 2.45) is 0 Å². The molecule has 336 valence electrons. The predicted molar refractivity (Wildman–Crippen MR) is 282 cm³/mol. The van der Waals surface area contributed by atoms with E-state index in [-0.39, 0.29) is 23.0 Å². The van der Waals surface area contributed by atoms with Crippen LogP contribution >= 0.6 is 0 Å². The molecule has 5 nitrogen and oxygen atoms in total. The van der Waals surface area contributed by atoms with Gasteiger partial charge in [-0.2, -0.15) is 0 Å². The van der Waals surface area contributed by atoms with Gasteiger partial charge in [0.2, 0.25) is 0 Å². The van der Waals surface area contributed by atoms with Crippen LogP contribution in [0, 0.1) is 0 Å². The van der Waals surface area contributed by atoms with E-state index in [1.54, 1.807) is 6.07 Å². The smallest absolute Gasteiger partial charge is 0.149 e. The first-order valence-corrected chi connectivity index (χ1v) is 24.1. The Morgan fingerprint density at radius 2 is 1.21 bits per heavy atom. The number of hydrogen-bond acceptors (Lipinski definition) is 4. The van der Waals surface area contributed by atoms with E-state index in [2.05, 4.69) is 196 Å². The molecule has 0 saturated carbocycles. The van der Waals surface area contributed by atoms with Crippen LogP contribution in [0.1, 0.15) is 128 Å². The van der Waals surface area contributed by atoms with Gasteiger partial charge in [0.15, 0.2) is 0 Å². The molecule has 0 amide bonds. The van der Waals surface area contributed by atoms with Gasteiger partial charge in [0.1, 0.15) is 22.7 Å². The molecule has 0 aliphatic carbocycles. The highest BCUT2D eigenvalue weighted by atomic mass is 16.3. The summed E-state index contributed by atoms with van der Waals surface area (Å²) in [4.78, 5) is 10.6. The fourth-order valence-electron chi connectivity index (χ4n) is 10.2. The maximum absolute atomic E-state index is 12.2. The minimum absolute atomic E-state index is 0.0530. The van der Waals surface area contributed by atoms with E-state index in [1.807, 2.05) is 18.3 Å². The van der Waals surface area contributed by atoms with Gasteiger partial charge in [0.25, 0.3) is 0 Å². The summed E-state index contributed by atoms with van der Waals surface area (Å²) >= 11 is 0. The number of aromatic nitrogens is 3. The van der Waals surface area contributed by atoms with E-state index in [1.165, 1.54) is 38.9 Å². The van der Waals surface area contributed by atoms with Crippen molar-refractivity contribution < 1.29 is 9.52 Å². The number of aromatic hydroxyl groups is 1. The number of furan rings is 1. The van der Waals surface area contributed by atoms with Crippen LogP contribution < -0.4 is 0 Å². The number of phenols is 1. The fraction of sp³-hybridized carbons (Fsp3) is 0.258.